The number of nitrogens with zero attached hydrogens (tertiary/aromatic N) is 2. The number of carbonyl (C=O) groups is 1. The van der Waals surface area contributed by atoms with E-state index in [1.54, 1.807) is 35.1 Å². The van der Waals surface area contributed by atoms with Crippen molar-refractivity contribution in [2.75, 3.05) is 5.73 Å². The number of hydrogen-bond donors (Lipinski definition) is 2. The number of aromatic carboxylic acids is 1. The zero-order valence-electron chi connectivity index (χ0n) is 8.80. The molecule has 1 aromatic carbocycles. The van der Waals surface area contributed by atoms with Gasteiger partial charge >= 0.3 is 5.97 Å². The van der Waals surface area contributed by atoms with Crippen molar-refractivity contribution in [2.24, 2.45) is 0 Å². The summed E-state index contributed by atoms with van der Waals surface area (Å²) < 4.78 is 1.60. The van der Waals surface area contributed by atoms with Crippen LogP contribution in [-0.4, -0.2) is 20.9 Å². The van der Waals surface area contributed by atoms with E-state index in [0.717, 1.165) is 5.56 Å². The number of hydrogen-bond acceptors (Lipinski definition) is 3. The molecule has 17 heavy (non-hydrogen) atoms. The van der Waals surface area contributed by atoms with Crippen LogP contribution < -0.4 is 5.73 Å². The number of anilines is 1. The van der Waals surface area contributed by atoms with Gasteiger partial charge in [-0.3, -0.25) is 4.68 Å². The van der Waals surface area contributed by atoms with Crippen LogP contribution in [0.5, 0.6) is 0 Å². The van der Waals surface area contributed by atoms with E-state index in [9.17, 15) is 4.79 Å². The van der Waals surface area contributed by atoms with Crippen molar-refractivity contribution >= 4 is 23.4 Å². The van der Waals surface area contributed by atoms with Crippen molar-refractivity contribution in [1.29, 1.82) is 0 Å². The summed E-state index contributed by atoms with van der Waals surface area (Å²) >= 11 is 5.78. The molecule has 0 unspecified atom stereocenters. The molecule has 2 rings (SSSR count). The Kier molecular flexibility index (Phi) is 3.01. The Morgan fingerprint density at radius 3 is 2.53 bits per heavy atom. The van der Waals surface area contributed by atoms with E-state index in [4.69, 9.17) is 22.4 Å². The highest BCUT2D eigenvalue weighted by Gasteiger charge is 2.05. The van der Waals surface area contributed by atoms with Gasteiger partial charge in [0.25, 0.3) is 0 Å². The number of nitrogens with two attached hydrogens (primary N) is 1. The minimum Gasteiger partial charge on any atom is -0.478 e. The van der Waals surface area contributed by atoms with Crippen LogP contribution in [0.3, 0.4) is 0 Å². The van der Waals surface area contributed by atoms with Crippen molar-refractivity contribution in [2.45, 2.75) is 6.54 Å². The first kappa shape index (κ1) is 11.5. The third-order valence-electron chi connectivity index (χ3n) is 2.29. The Morgan fingerprint density at radius 1 is 1.41 bits per heavy atom. The average Bonchev–Trinajstić information content (AvgIpc) is 2.58. The highest BCUT2D eigenvalue weighted by molar-refractivity contribution is 6.32. The van der Waals surface area contributed by atoms with Crippen molar-refractivity contribution in [3.8, 4) is 0 Å². The van der Waals surface area contributed by atoms with Crippen LogP contribution in [0.25, 0.3) is 0 Å². The summed E-state index contributed by atoms with van der Waals surface area (Å²) in [6, 6.07) is 6.56. The topological polar surface area (TPSA) is 81.1 Å². The number of halogens is 1. The maximum absolute atomic E-state index is 10.7. The lowest BCUT2D eigenvalue weighted by Gasteiger charge is -2.02. The largest absolute Gasteiger partial charge is 0.478 e. The Labute approximate surface area is 102 Å². The van der Waals surface area contributed by atoms with Gasteiger partial charge in [0.2, 0.25) is 0 Å². The lowest BCUT2D eigenvalue weighted by atomic mass is 10.1. The van der Waals surface area contributed by atoms with Crippen molar-refractivity contribution in [1.82, 2.24) is 9.78 Å². The molecule has 2 aromatic rings. The molecule has 1 aromatic heterocycles. The molecular formula is C11H10ClN3O2. The molecule has 0 bridgehead atoms. The fourth-order valence-corrected chi connectivity index (χ4v) is 1.58. The molecule has 3 N–H and O–H groups in total. The van der Waals surface area contributed by atoms with Gasteiger partial charge in [0.1, 0.15) is 5.02 Å². The van der Waals surface area contributed by atoms with Crippen molar-refractivity contribution < 1.29 is 9.90 Å². The lowest BCUT2D eigenvalue weighted by molar-refractivity contribution is 0.0697. The Morgan fingerprint density at radius 2 is 2.06 bits per heavy atom. The summed E-state index contributed by atoms with van der Waals surface area (Å²) in [5.41, 5.74) is 6.70. The van der Waals surface area contributed by atoms with Gasteiger partial charge in [-0.1, -0.05) is 23.7 Å². The molecule has 0 radical (unpaired) electrons. The number of aromatic nitrogens is 2. The monoisotopic (exact) mass is 251 g/mol. The molecule has 1 heterocycles. The standard InChI is InChI=1S/C11H10ClN3O2/c12-9-6-15(14-10(9)13)5-7-1-3-8(4-2-7)11(16)17/h1-4,6H,5H2,(H2,13,14)(H,16,17). The molecular weight excluding hydrogens is 242 g/mol. The molecule has 0 saturated carbocycles. The first-order chi connectivity index (χ1) is 8.06. The van der Waals surface area contributed by atoms with Crippen LogP contribution in [0, 0.1) is 0 Å². The van der Waals surface area contributed by atoms with Crippen LogP contribution in [0.2, 0.25) is 5.02 Å². The number of nitrogen functional groups attached to an aromatic ring is 1. The number of carboxylic acids is 1. The van der Waals surface area contributed by atoms with E-state index < -0.39 is 5.97 Å². The minimum atomic E-state index is -0.942. The molecule has 0 atom stereocenters. The van der Waals surface area contributed by atoms with E-state index >= 15 is 0 Å². The summed E-state index contributed by atoms with van der Waals surface area (Å²) in [7, 11) is 0. The van der Waals surface area contributed by atoms with E-state index in [-0.39, 0.29) is 11.4 Å². The first-order valence-electron chi connectivity index (χ1n) is 4.87. The van der Waals surface area contributed by atoms with Crippen LogP contribution in [-0.2, 0) is 6.54 Å². The summed E-state index contributed by atoms with van der Waals surface area (Å²) in [4.78, 5) is 10.7. The molecule has 88 valence electrons. The van der Waals surface area contributed by atoms with E-state index in [2.05, 4.69) is 5.10 Å². The van der Waals surface area contributed by atoms with Crippen LogP contribution >= 0.6 is 11.6 Å². The molecule has 0 spiro atoms. The summed E-state index contributed by atoms with van der Waals surface area (Å²) in [6.07, 6.45) is 1.63. The fraction of sp³-hybridized carbons (Fsp3) is 0.0909. The predicted octanol–water partition coefficient (Wildman–Crippen LogP) is 1.87. The third kappa shape index (κ3) is 2.57. The average molecular weight is 252 g/mol. The van der Waals surface area contributed by atoms with Gasteiger partial charge in [0.05, 0.1) is 12.1 Å². The highest BCUT2D eigenvalue weighted by Crippen LogP contribution is 2.16. The summed E-state index contributed by atoms with van der Waals surface area (Å²) in [5.74, 6) is -0.656. The molecule has 0 aliphatic carbocycles. The second-order valence-electron chi connectivity index (χ2n) is 3.56. The SMILES string of the molecule is Nc1nn(Cc2ccc(C(=O)O)cc2)cc1Cl. The molecule has 6 heteroatoms. The normalized spacial score (nSPS) is 10.4. The van der Waals surface area contributed by atoms with Gasteiger partial charge in [-0.2, -0.15) is 5.10 Å². The molecule has 0 fully saturated rings. The van der Waals surface area contributed by atoms with Crippen molar-refractivity contribution in [3.63, 3.8) is 0 Å². The molecule has 0 aliphatic heterocycles. The fourth-order valence-electron chi connectivity index (χ4n) is 1.43. The number of benzene rings is 1. The quantitative estimate of drug-likeness (QED) is 0.873. The van der Waals surface area contributed by atoms with Gasteiger partial charge in [0.15, 0.2) is 5.82 Å². The smallest absolute Gasteiger partial charge is 0.335 e. The maximum atomic E-state index is 10.7. The zero-order valence-corrected chi connectivity index (χ0v) is 9.55. The molecule has 0 amide bonds. The van der Waals surface area contributed by atoms with Gasteiger partial charge in [-0.15, -0.1) is 0 Å². The van der Waals surface area contributed by atoms with E-state index in [1.165, 1.54) is 0 Å². The Balaban J connectivity index is 2.16. The van der Waals surface area contributed by atoms with Gasteiger partial charge in [0, 0.05) is 6.20 Å². The Bertz CT molecular complexity index is 529. The lowest BCUT2D eigenvalue weighted by Crippen LogP contribution is -2.02. The number of rotatable bonds is 3. The van der Waals surface area contributed by atoms with Crippen LogP contribution in [0.15, 0.2) is 30.5 Å². The van der Waals surface area contributed by atoms with Gasteiger partial charge < -0.3 is 10.8 Å². The second-order valence-corrected chi connectivity index (χ2v) is 3.97. The van der Waals surface area contributed by atoms with Gasteiger partial charge in [-0.25, -0.2) is 4.79 Å². The maximum Gasteiger partial charge on any atom is 0.335 e. The predicted molar refractivity (Wildman–Crippen MR) is 64.2 cm³/mol. The molecule has 0 saturated heterocycles. The molecule has 0 aliphatic rings. The van der Waals surface area contributed by atoms with Crippen LogP contribution in [0.4, 0.5) is 5.82 Å². The minimum absolute atomic E-state index is 0.256. The summed E-state index contributed by atoms with van der Waals surface area (Å²) in [6.45, 7) is 0.497. The van der Waals surface area contributed by atoms with E-state index in [1.807, 2.05) is 0 Å². The van der Waals surface area contributed by atoms with E-state index in [0.29, 0.717) is 11.6 Å². The molecule has 5 nitrogen and oxygen atoms in total. The Hall–Kier alpha value is -2.01. The second kappa shape index (κ2) is 4.47. The summed E-state index contributed by atoms with van der Waals surface area (Å²) in [5, 5.41) is 13.2. The van der Waals surface area contributed by atoms with Crippen molar-refractivity contribution in [3.05, 3.63) is 46.6 Å². The first-order valence-corrected chi connectivity index (χ1v) is 5.24. The number of carboxylic acid groups (broad SMARTS) is 1. The third-order valence-corrected chi connectivity index (χ3v) is 2.58. The highest BCUT2D eigenvalue weighted by atomic mass is 35.5. The zero-order chi connectivity index (χ0) is 12.4. The van der Waals surface area contributed by atoms with Gasteiger partial charge in [-0.05, 0) is 17.7 Å². The van der Waals surface area contributed by atoms with Crippen LogP contribution in [0.1, 0.15) is 15.9 Å².